The minimum absolute atomic E-state index is 0.0137. The molecule has 0 atom stereocenters. The monoisotopic (exact) mass is 547 g/mol. The molecule has 1 aliphatic rings. The molecule has 0 saturated heterocycles. The molecule has 188 valence electrons. The Balaban J connectivity index is 1.44. The predicted octanol–water partition coefficient (Wildman–Crippen LogP) is 4.53. The van der Waals surface area contributed by atoms with Gasteiger partial charge in [-0.25, -0.2) is 4.99 Å². The molecule has 0 radical (unpaired) electrons. The van der Waals surface area contributed by atoms with E-state index in [1.807, 2.05) is 13.8 Å². The minimum Gasteiger partial charge on any atom is -0.487 e. The lowest BCUT2D eigenvalue weighted by atomic mass is 10.1. The van der Waals surface area contributed by atoms with Gasteiger partial charge in [-0.2, -0.15) is 13.4 Å². The average Bonchev–Trinajstić information content (AvgIpc) is 2.79. The van der Waals surface area contributed by atoms with Crippen molar-refractivity contribution < 1.29 is 17.3 Å². The number of rotatable bonds is 7. The normalized spacial score (nSPS) is 15.2. The van der Waals surface area contributed by atoms with E-state index in [0.29, 0.717) is 16.5 Å². The van der Waals surface area contributed by atoms with E-state index in [1.165, 1.54) is 18.2 Å². The molecule has 1 aliphatic heterocycles. The molecule has 0 aliphatic carbocycles. The second-order valence-electron chi connectivity index (χ2n) is 8.29. The molecule has 0 unspecified atom stereocenters. The number of halogens is 2. The van der Waals surface area contributed by atoms with Crippen LogP contribution >= 0.6 is 23.2 Å². The van der Waals surface area contributed by atoms with Crippen LogP contribution < -0.4 is 25.3 Å². The molecule has 9 nitrogen and oxygen atoms in total. The SMILES string of the molecule is CC1(C)N=C(N)N=C(N)N1c1ccc(OCc2ccc(S(=O)(=O)Oc3ccccc3Cl)cc2)c(Cl)c1. The van der Waals surface area contributed by atoms with Crippen LogP contribution in [0.15, 0.2) is 81.6 Å². The largest absolute Gasteiger partial charge is 0.487 e. The van der Waals surface area contributed by atoms with Gasteiger partial charge in [-0.1, -0.05) is 47.5 Å². The molecule has 0 bridgehead atoms. The van der Waals surface area contributed by atoms with Crippen molar-refractivity contribution in [1.29, 1.82) is 0 Å². The smallest absolute Gasteiger partial charge is 0.339 e. The Bertz CT molecular complexity index is 1460. The van der Waals surface area contributed by atoms with Crippen LogP contribution in [0.3, 0.4) is 0 Å². The first kappa shape index (κ1) is 25.6. The van der Waals surface area contributed by atoms with Crippen molar-refractivity contribution >= 4 is 50.9 Å². The first-order valence-electron chi connectivity index (χ1n) is 10.7. The number of nitrogens with two attached hydrogens (primary N) is 2. The summed E-state index contributed by atoms with van der Waals surface area (Å²) in [4.78, 5) is 10.1. The van der Waals surface area contributed by atoms with E-state index < -0.39 is 15.8 Å². The van der Waals surface area contributed by atoms with Crippen LogP contribution in [-0.2, 0) is 16.7 Å². The zero-order chi connectivity index (χ0) is 26.1. The predicted molar refractivity (Wildman–Crippen MR) is 141 cm³/mol. The number of benzene rings is 3. The third-order valence-electron chi connectivity index (χ3n) is 5.21. The van der Waals surface area contributed by atoms with Crippen molar-refractivity contribution in [3.05, 3.63) is 82.3 Å². The van der Waals surface area contributed by atoms with Gasteiger partial charge in [0.05, 0.1) is 10.0 Å². The lowest BCUT2D eigenvalue weighted by molar-refractivity contribution is 0.306. The number of hydrogen-bond acceptors (Lipinski definition) is 9. The fourth-order valence-corrected chi connectivity index (χ4v) is 4.99. The number of anilines is 1. The number of aliphatic imine (C=N–C) groups is 2. The molecule has 0 amide bonds. The summed E-state index contributed by atoms with van der Waals surface area (Å²) < 4.78 is 36.1. The van der Waals surface area contributed by atoms with Crippen LogP contribution in [0, 0.1) is 0 Å². The van der Waals surface area contributed by atoms with Crippen LogP contribution in [-0.4, -0.2) is 26.0 Å². The van der Waals surface area contributed by atoms with Gasteiger partial charge in [0.25, 0.3) is 0 Å². The highest BCUT2D eigenvalue weighted by Crippen LogP contribution is 2.34. The highest BCUT2D eigenvalue weighted by atomic mass is 35.5. The maximum atomic E-state index is 12.6. The van der Waals surface area contributed by atoms with Crippen molar-refractivity contribution in [3.8, 4) is 11.5 Å². The van der Waals surface area contributed by atoms with E-state index in [-0.39, 0.29) is 34.2 Å². The van der Waals surface area contributed by atoms with Crippen molar-refractivity contribution in [2.24, 2.45) is 21.5 Å². The molecule has 0 spiro atoms. The second-order valence-corrected chi connectivity index (χ2v) is 10.6. The van der Waals surface area contributed by atoms with Crippen LogP contribution in [0.1, 0.15) is 19.4 Å². The quantitative estimate of drug-likeness (QED) is 0.415. The minimum atomic E-state index is -4.05. The maximum absolute atomic E-state index is 12.6. The lowest BCUT2D eigenvalue weighted by Crippen LogP contribution is -2.54. The van der Waals surface area contributed by atoms with Crippen LogP contribution in [0.25, 0.3) is 0 Å². The summed E-state index contributed by atoms with van der Waals surface area (Å²) in [6.07, 6.45) is 0. The van der Waals surface area contributed by atoms with E-state index in [4.69, 9.17) is 43.6 Å². The molecule has 12 heteroatoms. The van der Waals surface area contributed by atoms with Crippen LogP contribution in [0.5, 0.6) is 11.5 Å². The number of ether oxygens (including phenoxy) is 1. The average molecular weight is 548 g/mol. The fraction of sp³-hybridized carbons (Fsp3) is 0.167. The van der Waals surface area contributed by atoms with Gasteiger partial charge < -0.3 is 20.4 Å². The van der Waals surface area contributed by atoms with E-state index in [9.17, 15) is 8.42 Å². The van der Waals surface area contributed by atoms with Gasteiger partial charge in [-0.3, -0.25) is 4.90 Å². The zero-order valence-corrected chi connectivity index (χ0v) is 21.7. The topological polar surface area (TPSA) is 133 Å². The Morgan fingerprint density at radius 3 is 2.28 bits per heavy atom. The Kier molecular flexibility index (Phi) is 7.03. The molecule has 4 rings (SSSR count). The lowest BCUT2D eigenvalue weighted by Gasteiger charge is -2.38. The highest BCUT2D eigenvalue weighted by molar-refractivity contribution is 7.87. The maximum Gasteiger partial charge on any atom is 0.339 e. The Hall–Kier alpha value is -3.47. The summed E-state index contributed by atoms with van der Waals surface area (Å²) in [6.45, 7) is 3.86. The first-order chi connectivity index (χ1) is 17.0. The van der Waals surface area contributed by atoms with Crippen molar-refractivity contribution in [2.75, 3.05) is 4.90 Å². The van der Waals surface area contributed by atoms with E-state index in [0.717, 1.165) is 5.56 Å². The number of guanidine groups is 2. The molecule has 3 aromatic carbocycles. The second kappa shape index (κ2) is 9.88. The number of hydrogen-bond donors (Lipinski definition) is 2. The van der Waals surface area contributed by atoms with Crippen LogP contribution in [0.4, 0.5) is 5.69 Å². The summed E-state index contributed by atoms with van der Waals surface area (Å²) >= 11 is 12.5. The standard InChI is InChI=1S/C24H23Cl2N5O4S/c1-24(2)30-22(27)29-23(28)31(24)16-9-12-20(19(26)13-16)34-14-15-7-10-17(11-8-15)36(32,33)35-21-6-4-3-5-18(21)25/h3-13H,14H2,1-2H3,(H4,27,28,29,30). The molecular weight excluding hydrogens is 525 g/mol. The van der Waals surface area contributed by atoms with Gasteiger partial charge in [0.1, 0.15) is 22.9 Å². The van der Waals surface area contributed by atoms with Crippen molar-refractivity contribution in [1.82, 2.24) is 0 Å². The van der Waals surface area contributed by atoms with Gasteiger partial charge >= 0.3 is 10.1 Å². The summed E-state index contributed by atoms with van der Waals surface area (Å²) in [5.74, 6) is 0.799. The van der Waals surface area contributed by atoms with Gasteiger partial charge in [-0.05, 0) is 61.9 Å². The number of para-hydroxylation sites is 1. The molecule has 0 fully saturated rings. The molecule has 3 aromatic rings. The molecular formula is C24H23Cl2N5O4S. The Labute approximate surface area is 219 Å². The van der Waals surface area contributed by atoms with Gasteiger partial charge in [0.2, 0.25) is 11.9 Å². The van der Waals surface area contributed by atoms with Crippen molar-refractivity contribution in [2.45, 2.75) is 31.0 Å². The Morgan fingerprint density at radius 2 is 1.64 bits per heavy atom. The molecule has 0 saturated carbocycles. The summed E-state index contributed by atoms with van der Waals surface area (Å²) in [5, 5.41) is 0.552. The molecule has 36 heavy (non-hydrogen) atoms. The van der Waals surface area contributed by atoms with E-state index in [1.54, 1.807) is 53.4 Å². The highest BCUT2D eigenvalue weighted by Gasteiger charge is 2.33. The summed E-state index contributed by atoms with van der Waals surface area (Å²) in [5.41, 5.74) is 12.4. The van der Waals surface area contributed by atoms with Crippen LogP contribution in [0.2, 0.25) is 10.0 Å². The Morgan fingerprint density at radius 1 is 0.944 bits per heavy atom. The fourth-order valence-electron chi connectivity index (χ4n) is 3.59. The van der Waals surface area contributed by atoms with Gasteiger partial charge in [0.15, 0.2) is 5.75 Å². The zero-order valence-electron chi connectivity index (χ0n) is 19.4. The van der Waals surface area contributed by atoms with E-state index in [2.05, 4.69) is 9.98 Å². The molecule has 4 N–H and O–H groups in total. The van der Waals surface area contributed by atoms with E-state index >= 15 is 0 Å². The summed E-state index contributed by atoms with van der Waals surface area (Å²) in [6, 6.07) is 17.6. The third kappa shape index (κ3) is 5.51. The van der Waals surface area contributed by atoms with Gasteiger partial charge in [0, 0.05) is 5.69 Å². The molecule has 0 aromatic heterocycles. The number of nitrogens with zero attached hydrogens (tertiary/aromatic N) is 3. The summed E-state index contributed by atoms with van der Waals surface area (Å²) in [7, 11) is -4.05. The molecule has 1 heterocycles. The van der Waals surface area contributed by atoms with Gasteiger partial charge in [-0.15, -0.1) is 0 Å². The third-order valence-corrected chi connectivity index (χ3v) is 7.07. The van der Waals surface area contributed by atoms with Crippen molar-refractivity contribution in [3.63, 3.8) is 0 Å². The first-order valence-corrected chi connectivity index (χ1v) is 12.8.